The molecule has 2 rings (SSSR count). The zero-order valence-electron chi connectivity index (χ0n) is 14.9. The zero-order chi connectivity index (χ0) is 19.2. The monoisotopic (exact) mass is 377 g/mol. The Bertz CT molecular complexity index is 854. The summed E-state index contributed by atoms with van der Waals surface area (Å²) < 4.78 is 27.4. The predicted molar refractivity (Wildman–Crippen MR) is 100 cm³/mol. The molecule has 0 aliphatic carbocycles. The summed E-state index contributed by atoms with van der Waals surface area (Å²) >= 11 is 0. The number of nitrogens with zero attached hydrogens (tertiary/aromatic N) is 2. The zero-order valence-corrected chi connectivity index (χ0v) is 15.7. The van der Waals surface area contributed by atoms with Crippen molar-refractivity contribution in [3.63, 3.8) is 0 Å². The van der Waals surface area contributed by atoms with Crippen LogP contribution in [0.1, 0.15) is 17.5 Å². The van der Waals surface area contributed by atoms with Crippen LogP contribution in [-0.4, -0.2) is 38.4 Å². The van der Waals surface area contributed by atoms with Gasteiger partial charge < -0.3 is 4.90 Å². The van der Waals surface area contributed by atoms with Crippen molar-refractivity contribution in [2.45, 2.75) is 24.8 Å². The van der Waals surface area contributed by atoms with Gasteiger partial charge in [-0.3, -0.25) is 10.1 Å². The number of nitro benzene ring substituents is 1. The van der Waals surface area contributed by atoms with Crippen LogP contribution < -0.4 is 4.72 Å². The van der Waals surface area contributed by atoms with E-state index in [1.165, 1.54) is 17.7 Å². The van der Waals surface area contributed by atoms with Gasteiger partial charge in [-0.05, 0) is 38.1 Å². The number of hydrogen-bond donors (Lipinski definition) is 1. The Morgan fingerprint density at radius 2 is 1.81 bits per heavy atom. The minimum Gasteiger partial charge on any atom is -0.302 e. The fraction of sp³-hybridized carbons (Fsp3) is 0.333. The molecule has 140 valence electrons. The molecule has 0 spiro atoms. The number of nitrogens with one attached hydrogen (secondary N) is 1. The van der Waals surface area contributed by atoms with E-state index in [0.717, 1.165) is 6.54 Å². The van der Waals surface area contributed by atoms with Gasteiger partial charge in [0.2, 0.25) is 10.0 Å². The summed E-state index contributed by atoms with van der Waals surface area (Å²) in [6.45, 7) is 3.24. The highest BCUT2D eigenvalue weighted by molar-refractivity contribution is 7.89. The SMILES string of the molecule is Cc1cccc([N+](=O)[O-])c1S(=O)(=O)NCCCN(C)Cc1ccccc1. The van der Waals surface area contributed by atoms with Crippen LogP contribution in [0.3, 0.4) is 0 Å². The van der Waals surface area contributed by atoms with Gasteiger partial charge in [0.25, 0.3) is 5.69 Å². The van der Waals surface area contributed by atoms with Gasteiger partial charge in [-0.2, -0.15) is 0 Å². The molecule has 0 fully saturated rings. The average molecular weight is 377 g/mol. The van der Waals surface area contributed by atoms with Crippen molar-refractivity contribution in [1.82, 2.24) is 9.62 Å². The van der Waals surface area contributed by atoms with Gasteiger partial charge in [0.1, 0.15) is 0 Å². The number of benzene rings is 2. The predicted octanol–water partition coefficient (Wildman–Crippen LogP) is 2.70. The van der Waals surface area contributed by atoms with Crippen molar-refractivity contribution < 1.29 is 13.3 Å². The number of sulfonamides is 1. The maximum Gasteiger partial charge on any atom is 0.289 e. The normalized spacial score (nSPS) is 11.7. The molecule has 26 heavy (non-hydrogen) atoms. The molecule has 0 aliphatic rings. The highest BCUT2D eigenvalue weighted by Gasteiger charge is 2.27. The molecule has 0 radical (unpaired) electrons. The molecular formula is C18H23N3O4S. The number of aryl methyl sites for hydroxylation is 1. The minimum atomic E-state index is -3.93. The largest absolute Gasteiger partial charge is 0.302 e. The van der Waals surface area contributed by atoms with Gasteiger partial charge in [-0.1, -0.05) is 42.5 Å². The van der Waals surface area contributed by atoms with E-state index in [1.807, 2.05) is 37.4 Å². The second kappa shape index (κ2) is 8.88. The second-order valence-electron chi connectivity index (χ2n) is 6.15. The first-order chi connectivity index (χ1) is 12.3. The number of nitro groups is 1. The van der Waals surface area contributed by atoms with E-state index in [2.05, 4.69) is 9.62 Å². The Balaban J connectivity index is 1.92. The van der Waals surface area contributed by atoms with Gasteiger partial charge >= 0.3 is 0 Å². The molecule has 2 aromatic rings. The van der Waals surface area contributed by atoms with E-state index >= 15 is 0 Å². The average Bonchev–Trinajstić information content (AvgIpc) is 2.59. The lowest BCUT2D eigenvalue weighted by Gasteiger charge is -2.17. The third-order valence-corrected chi connectivity index (χ3v) is 5.61. The highest BCUT2D eigenvalue weighted by atomic mass is 32.2. The lowest BCUT2D eigenvalue weighted by atomic mass is 10.2. The fourth-order valence-electron chi connectivity index (χ4n) is 2.73. The maximum atomic E-state index is 12.5. The van der Waals surface area contributed by atoms with Crippen molar-refractivity contribution in [3.05, 3.63) is 69.8 Å². The summed E-state index contributed by atoms with van der Waals surface area (Å²) in [5.41, 5.74) is 1.14. The van der Waals surface area contributed by atoms with Crippen molar-refractivity contribution in [2.75, 3.05) is 20.1 Å². The lowest BCUT2D eigenvalue weighted by molar-refractivity contribution is -0.387. The van der Waals surface area contributed by atoms with E-state index in [0.29, 0.717) is 18.5 Å². The Morgan fingerprint density at radius 1 is 1.12 bits per heavy atom. The van der Waals surface area contributed by atoms with E-state index in [4.69, 9.17) is 0 Å². The first-order valence-electron chi connectivity index (χ1n) is 8.27. The molecule has 0 unspecified atom stereocenters. The summed E-state index contributed by atoms with van der Waals surface area (Å²) in [6.07, 6.45) is 0.599. The Kier molecular flexibility index (Phi) is 6.84. The standard InChI is InChI=1S/C18H23N3O4S/c1-15-8-6-11-17(21(22)23)18(15)26(24,25)19-12-7-13-20(2)14-16-9-4-3-5-10-16/h3-6,8-11,19H,7,12-14H2,1-2H3. The summed E-state index contributed by atoms with van der Waals surface area (Å²) in [4.78, 5) is 12.3. The van der Waals surface area contributed by atoms with Crippen molar-refractivity contribution in [2.24, 2.45) is 0 Å². The van der Waals surface area contributed by atoms with Gasteiger partial charge in [0, 0.05) is 19.2 Å². The topological polar surface area (TPSA) is 92.5 Å². The van der Waals surface area contributed by atoms with E-state index in [-0.39, 0.29) is 11.4 Å². The van der Waals surface area contributed by atoms with Gasteiger partial charge in [0.05, 0.1) is 4.92 Å². The molecule has 0 bridgehead atoms. The van der Waals surface area contributed by atoms with E-state index < -0.39 is 20.6 Å². The van der Waals surface area contributed by atoms with E-state index in [9.17, 15) is 18.5 Å². The first kappa shape index (κ1) is 20.0. The second-order valence-corrected chi connectivity index (χ2v) is 7.86. The summed E-state index contributed by atoms with van der Waals surface area (Å²) in [5.74, 6) is 0. The Hall–Kier alpha value is -2.29. The van der Waals surface area contributed by atoms with E-state index in [1.54, 1.807) is 13.0 Å². The minimum absolute atomic E-state index is 0.215. The highest BCUT2D eigenvalue weighted by Crippen LogP contribution is 2.26. The van der Waals surface area contributed by atoms with Crippen molar-refractivity contribution in [3.8, 4) is 0 Å². The van der Waals surface area contributed by atoms with Crippen LogP contribution in [0.5, 0.6) is 0 Å². The molecule has 0 aliphatic heterocycles. The van der Waals surface area contributed by atoms with Crippen molar-refractivity contribution in [1.29, 1.82) is 0 Å². The van der Waals surface area contributed by atoms with Crippen LogP contribution in [0.15, 0.2) is 53.4 Å². The fourth-order valence-corrected chi connectivity index (χ4v) is 4.20. The van der Waals surface area contributed by atoms with Crippen molar-refractivity contribution >= 4 is 15.7 Å². The molecule has 0 heterocycles. The lowest BCUT2D eigenvalue weighted by Crippen LogP contribution is -2.29. The summed E-state index contributed by atoms with van der Waals surface area (Å²) in [7, 11) is -1.97. The van der Waals surface area contributed by atoms with Crippen LogP contribution in [0.2, 0.25) is 0 Å². The van der Waals surface area contributed by atoms with Gasteiger partial charge in [-0.15, -0.1) is 0 Å². The number of hydrogen-bond acceptors (Lipinski definition) is 5. The van der Waals surface area contributed by atoms with Crippen LogP contribution in [0.25, 0.3) is 0 Å². The summed E-state index contributed by atoms with van der Waals surface area (Å²) in [5, 5.41) is 11.1. The maximum absolute atomic E-state index is 12.5. The molecule has 0 saturated heterocycles. The van der Waals surface area contributed by atoms with Crippen LogP contribution in [0, 0.1) is 17.0 Å². The molecule has 0 atom stereocenters. The molecule has 0 amide bonds. The molecule has 0 aromatic heterocycles. The quantitative estimate of drug-likeness (QED) is 0.412. The van der Waals surface area contributed by atoms with Crippen LogP contribution in [0.4, 0.5) is 5.69 Å². The molecule has 7 nitrogen and oxygen atoms in total. The summed E-state index contributed by atoms with van der Waals surface area (Å²) in [6, 6.07) is 14.2. The Labute approximate surface area is 153 Å². The van der Waals surface area contributed by atoms with Crippen LogP contribution in [-0.2, 0) is 16.6 Å². The molecule has 1 N–H and O–H groups in total. The van der Waals surface area contributed by atoms with Gasteiger partial charge in [0.15, 0.2) is 4.90 Å². The Morgan fingerprint density at radius 3 is 2.46 bits per heavy atom. The third kappa shape index (κ3) is 5.35. The van der Waals surface area contributed by atoms with Crippen LogP contribution >= 0.6 is 0 Å². The first-order valence-corrected chi connectivity index (χ1v) is 9.75. The van der Waals surface area contributed by atoms with Gasteiger partial charge in [-0.25, -0.2) is 13.1 Å². The molecule has 0 saturated carbocycles. The molecular weight excluding hydrogens is 354 g/mol. The third-order valence-electron chi connectivity index (χ3n) is 3.96. The molecule has 8 heteroatoms. The smallest absolute Gasteiger partial charge is 0.289 e. The number of rotatable bonds is 9. The molecule has 2 aromatic carbocycles.